The standard InChI is InChI=1S/C17H22F3N3O/c1-22(2)23-15(24)21-11-16(23)8-6-12(7-9-16)13-4-3-5-14(10-13)17(18,19)20/h3-5,10,12H,6-9,11H2,1-2H3,(H,21,24). The van der Waals surface area contributed by atoms with E-state index in [0.717, 1.165) is 37.3 Å². The van der Waals surface area contributed by atoms with Crippen molar-refractivity contribution in [1.29, 1.82) is 0 Å². The highest BCUT2D eigenvalue weighted by atomic mass is 19.4. The number of alkyl halides is 3. The maximum absolute atomic E-state index is 12.9. The number of nitrogens with zero attached hydrogens (tertiary/aromatic N) is 2. The summed E-state index contributed by atoms with van der Waals surface area (Å²) in [5, 5.41) is 6.45. The lowest BCUT2D eigenvalue weighted by Gasteiger charge is -2.44. The molecular formula is C17H22F3N3O. The van der Waals surface area contributed by atoms with Crippen LogP contribution in [0.2, 0.25) is 0 Å². The topological polar surface area (TPSA) is 35.6 Å². The molecular weight excluding hydrogens is 319 g/mol. The van der Waals surface area contributed by atoms with E-state index in [2.05, 4.69) is 5.32 Å². The lowest BCUT2D eigenvalue weighted by atomic mass is 9.74. The van der Waals surface area contributed by atoms with E-state index < -0.39 is 11.7 Å². The minimum atomic E-state index is -4.31. The molecule has 0 aromatic heterocycles. The van der Waals surface area contributed by atoms with Gasteiger partial charge in [0.1, 0.15) is 0 Å². The fraction of sp³-hybridized carbons (Fsp3) is 0.588. The van der Waals surface area contributed by atoms with Gasteiger partial charge in [0.2, 0.25) is 0 Å². The molecule has 132 valence electrons. The van der Waals surface area contributed by atoms with Crippen LogP contribution in [0.25, 0.3) is 0 Å². The van der Waals surface area contributed by atoms with Gasteiger partial charge in [-0.15, -0.1) is 0 Å². The Morgan fingerprint density at radius 2 is 1.92 bits per heavy atom. The van der Waals surface area contributed by atoms with Gasteiger partial charge in [-0.05, 0) is 43.2 Å². The van der Waals surface area contributed by atoms with Crippen LogP contribution in [0.1, 0.15) is 42.7 Å². The van der Waals surface area contributed by atoms with Gasteiger partial charge in [0.15, 0.2) is 0 Å². The molecule has 0 atom stereocenters. The molecule has 1 N–H and O–H groups in total. The minimum absolute atomic E-state index is 0.0995. The van der Waals surface area contributed by atoms with E-state index in [9.17, 15) is 18.0 Å². The second kappa shape index (κ2) is 5.95. The molecule has 0 bridgehead atoms. The third-order valence-corrected chi connectivity index (χ3v) is 5.21. The molecule has 2 aliphatic rings. The normalized spacial score (nSPS) is 27.8. The number of carbonyl (C=O) groups excluding carboxylic acids is 1. The Bertz CT molecular complexity index is 622. The van der Waals surface area contributed by atoms with Crippen molar-refractivity contribution in [3.63, 3.8) is 0 Å². The van der Waals surface area contributed by atoms with Gasteiger partial charge in [-0.1, -0.05) is 18.2 Å². The third kappa shape index (κ3) is 2.97. The summed E-state index contributed by atoms with van der Waals surface area (Å²) >= 11 is 0. The maximum Gasteiger partial charge on any atom is 0.416 e. The van der Waals surface area contributed by atoms with Crippen molar-refractivity contribution in [3.8, 4) is 0 Å². The fourth-order valence-corrected chi connectivity index (χ4v) is 4.06. The minimum Gasteiger partial charge on any atom is -0.334 e. The molecule has 0 unspecified atom stereocenters. The number of benzene rings is 1. The summed E-state index contributed by atoms with van der Waals surface area (Å²) in [7, 11) is 3.68. The van der Waals surface area contributed by atoms with E-state index >= 15 is 0 Å². The van der Waals surface area contributed by atoms with Gasteiger partial charge in [0, 0.05) is 20.6 Å². The quantitative estimate of drug-likeness (QED) is 0.892. The first kappa shape index (κ1) is 17.1. The largest absolute Gasteiger partial charge is 0.416 e. The maximum atomic E-state index is 12.9. The molecule has 4 nitrogen and oxygen atoms in total. The Kier molecular flexibility index (Phi) is 4.23. The van der Waals surface area contributed by atoms with Crippen LogP contribution in [-0.2, 0) is 6.18 Å². The SMILES string of the molecule is CN(C)N1C(=O)NCC12CCC(c1cccc(C(F)(F)F)c1)CC2. The van der Waals surface area contributed by atoms with Crippen LogP contribution in [0.3, 0.4) is 0 Å². The van der Waals surface area contributed by atoms with E-state index in [0.29, 0.717) is 6.54 Å². The lowest BCUT2D eigenvalue weighted by molar-refractivity contribution is -0.137. The third-order valence-electron chi connectivity index (χ3n) is 5.21. The zero-order valence-electron chi connectivity index (χ0n) is 13.9. The van der Waals surface area contributed by atoms with Gasteiger partial charge < -0.3 is 5.32 Å². The Labute approximate surface area is 139 Å². The number of carbonyl (C=O) groups is 1. The summed E-state index contributed by atoms with van der Waals surface area (Å²) in [5.74, 6) is 0.109. The molecule has 1 aliphatic carbocycles. The number of nitrogens with one attached hydrogen (secondary N) is 1. The summed E-state index contributed by atoms with van der Waals surface area (Å²) in [4.78, 5) is 12.0. The van der Waals surface area contributed by atoms with Crippen LogP contribution in [0, 0.1) is 0 Å². The average molecular weight is 341 g/mol. The Morgan fingerprint density at radius 3 is 2.50 bits per heavy atom. The molecule has 7 heteroatoms. The van der Waals surface area contributed by atoms with E-state index in [1.165, 1.54) is 12.1 Å². The molecule has 2 amide bonds. The Morgan fingerprint density at radius 1 is 1.25 bits per heavy atom. The van der Waals surface area contributed by atoms with Crippen LogP contribution in [0.4, 0.5) is 18.0 Å². The first-order valence-corrected chi connectivity index (χ1v) is 8.15. The van der Waals surface area contributed by atoms with E-state index in [1.54, 1.807) is 16.1 Å². The smallest absolute Gasteiger partial charge is 0.334 e. The zero-order chi connectivity index (χ0) is 17.5. The van der Waals surface area contributed by atoms with Crippen molar-refractivity contribution in [2.75, 3.05) is 20.6 Å². The van der Waals surface area contributed by atoms with Crippen molar-refractivity contribution < 1.29 is 18.0 Å². The first-order valence-electron chi connectivity index (χ1n) is 8.15. The fourth-order valence-electron chi connectivity index (χ4n) is 4.06. The van der Waals surface area contributed by atoms with Crippen LogP contribution in [0.15, 0.2) is 24.3 Å². The number of hydrazine groups is 1. The second-order valence-corrected chi connectivity index (χ2v) is 6.94. The lowest BCUT2D eigenvalue weighted by Crippen LogP contribution is -2.55. The summed E-state index contributed by atoms with van der Waals surface area (Å²) in [6.45, 7) is 0.597. The molecule has 0 radical (unpaired) electrons. The summed E-state index contributed by atoms with van der Waals surface area (Å²) in [5.41, 5.74) is -0.0973. The predicted molar refractivity (Wildman–Crippen MR) is 84.3 cm³/mol. The highest BCUT2D eigenvalue weighted by Gasteiger charge is 2.48. The van der Waals surface area contributed by atoms with Crippen LogP contribution < -0.4 is 5.32 Å². The molecule has 1 saturated heterocycles. The highest BCUT2D eigenvalue weighted by Crippen LogP contribution is 2.43. The molecule has 1 aliphatic heterocycles. The number of rotatable bonds is 2. The average Bonchev–Trinajstić information content (AvgIpc) is 2.84. The molecule has 3 rings (SSSR count). The number of urea groups is 1. The van der Waals surface area contributed by atoms with Crippen LogP contribution in [0.5, 0.6) is 0 Å². The van der Waals surface area contributed by atoms with E-state index in [4.69, 9.17) is 0 Å². The molecule has 1 spiro atoms. The number of halogens is 3. The van der Waals surface area contributed by atoms with Gasteiger partial charge in [0.05, 0.1) is 11.1 Å². The second-order valence-electron chi connectivity index (χ2n) is 6.94. The first-order chi connectivity index (χ1) is 11.2. The van der Waals surface area contributed by atoms with Crippen molar-refractivity contribution in [2.24, 2.45) is 0 Å². The van der Waals surface area contributed by atoms with E-state index in [-0.39, 0.29) is 17.5 Å². The summed E-state index contributed by atoms with van der Waals surface area (Å²) < 4.78 is 38.7. The Hall–Kier alpha value is -1.76. The molecule has 2 fully saturated rings. The van der Waals surface area contributed by atoms with Gasteiger partial charge in [-0.3, -0.25) is 0 Å². The van der Waals surface area contributed by atoms with Gasteiger partial charge >= 0.3 is 12.2 Å². The highest BCUT2D eigenvalue weighted by molar-refractivity contribution is 5.77. The number of hydrogen-bond donors (Lipinski definition) is 1. The molecule has 1 aromatic carbocycles. The van der Waals surface area contributed by atoms with Crippen LogP contribution >= 0.6 is 0 Å². The van der Waals surface area contributed by atoms with Gasteiger partial charge in [0.25, 0.3) is 0 Å². The van der Waals surface area contributed by atoms with Gasteiger partial charge in [-0.25, -0.2) is 14.8 Å². The summed E-state index contributed by atoms with van der Waals surface area (Å²) in [6.07, 6.45) is -1.19. The van der Waals surface area contributed by atoms with Crippen molar-refractivity contribution in [1.82, 2.24) is 15.3 Å². The van der Waals surface area contributed by atoms with Gasteiger partial charge in [-0.2, -0.15) is 13.2 Å². The molecule has 24 heavy (non-hydrogen) atoms. The summed E-state index contributed by atoms with van der Waals surface area (Å²) in [6, 6.07) is 5.54. The van der Waals surface area contributed by atoms with E-state index in [1.807, 2.05) is 14.1 Å². The Balaban J connectivity index is 1.75. The molecule has 1 saturated carbocycles. The van der Waals surface area contributed by atoms with Crippen molar-refractivity contribution in [3.05, 3.63) is 35.4 Å². The predicted octanol–water partition coefficient (Wildman–Crippen LogP) is 3.60. The number of hydrogen-bond acceptors (Lipinski definition) is 2. The van der Waals surface area contributed by atoms with Crippen molar-refractivity contribution in [2.45, 2.75) is 43.3 Å². The zero-order valence-corrected chi connectivity index (χ0v) is 13.9. The monoisotopic (exact) mass is 341 g/mol. The van der Waals surface area contributed by atoms with Crippen molar-refractivity contribution >= 4 is 6.03 Å². The molecule has 1 heterocycles. The molecule has 1 aromatic rings. The van der Waals surface area contributed by atoms with Crippen LogP contribution in [-0.4, -0.2) is 42.2 Å². The number of amides is 2.